The highest BCUT2D eigenvalue weighted by atomic mass is 79.9. The molecule has 1 N–H and O–H groups in total. The van der Waals surface area contributed by atoms with Gasteiger partial charge in [0.15, 0.2) is 0 Å². The summed E-state index contributed by atoms with van der Waals surface area (Å²) in [5.41, 5.74) is 0.522. The topological polar surface area (TPSA) is 20.2 Å². The molecule has 1 unspecified atom stereocenters. The number of rotatable bonds is 3. The molecule has 0 fully saturated rings. The number of halogens is 4. The molecule has 1 aromatic carbocycles. The molecule has 1 heterocycles. The number of benzene rings is 1. The Balaban J connectivity index is 2.26. The van der Waals surface area contributed by atoms with Crippen molar-refractivity contribution in [3.8, 4) is 0 Å². The van der Waals surface area contributed by atoms with Gasteiger partial charge in [-0.05, 0) is 50.1 Å². The number of thiophene rings is 1. The minimum Gasteiger partial charge on any atom is -0.388 e. The SMILES string of the molecule is OC(Cc1c(F)cccc1F)c1cc(Br)sc1Br. The summed E-state index contributed by atoms with van der Waals surface area (Å²) >= 11 is 8.01. The summed E-state index contributed by atoms with van der Waals surface area (Å²) in [5, 5.41) is 10.0. The zero-order valence-electron chi connectivity index (χ0n) is 8.96. The molecule has 1 nitrogen and oxygen atoms in total. The maximum absolute atomic E-state index is 13.5. The van der Waals surface area contributed by atoms with Gasteiger partial charge in [-0.15, -0.1) is 11.3 Å². The lowest BCUT2D eigenvalue weighted by Gasteiger charge is -2.11. The standard InChI is InChI=1S/C12H8Br2F2OS/c13-11-5-7(12(14)18-11)10(17)4-6-8(15)2-1-3-9(6)16/h1-3,5,10,17H,4H2. The molecule has 0 saturated heterocycles. The van der Waals surface area contributed by atoms with Crippen molar-refractivity contribution in [2.75, 3.05) is 0 Å². The Bertz CT molecular complexity index is 551. The molecule has 96 valence electrons. The van der Waals surface area contributed by atoms with E-state index in [0.29, 0.717) is 5.56 Å². The number of hydrogen-bond acceptors (Lipinski definition) is 2. The monoisotopic (exact) mass is 396 g/mol. The van der Waals surface area contributed by atoms with Crippen LogP contribution in [0.4, 0.5) is 8.78 Å². The van der Waals surface area contributed by atoms with Crippen molar-refractivity contribution < 1.29 is 13.9 Å². The molecule has 0 bridgehead atoms. The lowest BCUT2D eigenvalue weighted by Crippen LogP contribution is -2.05. The predicted octanol–water partition coefficient (Wildman–Crippen LogP) is 4.83. The molecular weight excluding hydrogens is 390 g/mol. The van der Waals surface area contributed by atoms with Crippen LogP contribution in [0, 0.1) is 11.6 Å². The third-order valence-electron chi connectivity index (χ3n) is 2.50. The summed E-state index contributed by atoms with van der Waals surface area (Å²) in [6.07, 6.45) is -1.05. The number of hydrogen-bond donors (Lipinski definition) is 1. The van der Waals surface area contributed by atoms with Crippen LogP contribution in [0.5, 0.6) is 0 Å². The van der Waals surface area contributed by atoms with Crippen molar-refractivity contribution in [1.29, 1.82) is 0 Å². The first-order valence-electron chi connectivity index (χ1n) is 5.04. The molecule has 2 rings (SSSR count). The van der Waals surface area contributed by atoms with E-state index in [9.17, 15) is 13.9 Å². The van der Waals surface area contributed by atoms with Crippen molar-refractivity contribution in [3.05, 3.63) is 54.6 Å². The lowest BCUT2D eigenvalue weighted by molar-refractivity contribution is 0.175. The normalized spacial score (nSPS) is 12.7. The quantitative estimate of drug-likeness (QED) is 0.786. The molecule has 1 aromatic heterocycles. The summed E-state index contributed by atoms with van der Waals surface area (Å²) in [6.45, 7) is 0. The Morgan fingerprint density at radius 1 is 1.22 bits per heavy atom. The summed E-state index contributed by atoms with van der Waals surface area (Å²) < 4.78 is 28.5. The fourth-order valence-corrected chi connectivity index (χ4v) is 4.57. The fourth-order valence-electron chi connectivity index (χ4n) is 1.61. The largest absolute Gasteiger partial charge is 0.388 e. The molecule has 18 heavy (non-hydrogen) atoms. The summed E-state index contributed by atoms with van der Waals surface area (Å²) in [4.78, 5) is 0. The molecule has 0 spiro atoms. The van der Waals surface area contributed by atoms with E-state index in [2.05, 4.69) is 31.9 Å². The molecule has 0 amide bonds. The zero-order chi connectivity index (χ0) is 13.3. The second-order valence-corrected chi connectivity index (χ2v) is 7.45. The predicted molar refractivity (Wildman–Crippen MR) is 74.7 cm³/mol. The highest BCUT2D eigenvalue weighted by Crippen LogP contribution is 2.36. The van der Waals surface area contributed by atoms with E-state index in [1.807, 2.05) is 0 Å². The summed E-state index contributed by atoms with van der Waals surface area (Å²) in [5.74, 6) is -1.28. The molecule has 0 aliphatic rings. The Morgan fingerprint density at radius 3 is 2.33 bits per heavy atom. The van der Waals surface area contributed by atoms with Crippen LogP contribution in [-0.4, -0.2) is 5.11 Å². The minimum absolute atomic E-state index is 0.0969. The maximum atomic E-state index is 13.5. The minimum atomic E-state index is -0.951. The van der Waals surface area contributed by atoms with Crippen LogP contribution in [0.25, 0.3) is 0 Å². The van der Waals surface area contributed by atoms with E-state index in [1.165, 1.54) is 29.5 Å². The van der Waals surface area contributed by atoms with E-state index in [4.69, 9.17) is 0 Å². The summed E-state index contributed by atoms with van der Waals surface area (Å²) in [7, 11) is 0. The average Bonchev–Trinajstić information content (AvgIpc) is 2.63. The highest BCUT2D eigenvalue weighted by molar-refractivity contribution is 9.12. The molecule has 0 radical (unpaired) electrons. The molecule has 6 heteroatoms. The van der Waals surface area contributed by atoms with Gasteiger partial charge in [0.2, 0.25) is 0 Å². The van der Waals surface area contributed by atoms with Crippen LogP contribution in [0.15, 0.2) is 31.8 Å². The second-order valence-electron chi connectivity index (χ2n) is 3.70. The Morgan fingerprint density at radius 2 is 1.83 bits per heavy atom. The van der Waals surface area contributed by atoms with Crippen LogP contribution in [-0.2, 0) is 6.42 Å². The highest BCUT2D eigenvalue weighted by Gasteiger charge is 2.19. The lowest BCUT2D eigenvalue weighted by atomic mass is 10.0. The van der Waals surface area contributed by atoms with Gasteiger partial charge >= 0.3 is 0 Å². The molecule has 0 saturated carbocycles. The van der Waals surface area contributed by atoms with Crippen molar-refractivity contribution in [1.82, 2.24) is 0 Å². The first-order valence-corrected chi connectivity index (χ1v) is 7.45. The van der Waals surface area contributed by atoms with Gasteiger partial charge in [0.1, 0.15) is 11.6 Å². The van der Waals surface area contributed by atoms with Gasteiger partial charge in [0, 0.05) is 17.5 Å². The molecule has 1 atom stereocenters. The van der Waals surface area contributed by atoms with Crippen molar-refractivity contribution in [2.24, 2.45) is 0 Å². The maximum Gasteiger partial charge on any atom is 0.129 e. The first-order chi connectivity index (χ1) is 8.49. The third kappa shape index (κ3) is 2.99. The Labute approximate surface area is 124 Å². The van der Waals surface area contributed by atoms with Crippen molar-refractivity contribution in [2.45, 2.75) is 12.5 Å². The average molecular weight is 398 g/mol. The van der Waals surface area contributed by atoms with Gasteiger partial charge in [-0.1, -0.05) is 6.07 Å². The summed E-state index contributed by atoms with van der Waals surface area (Å²) in [6, 6.07) is 5.41. The van der Waals surface area contributed by atoms with Crippen LogP contribution in [0.3, 0.4) is 0 Å². The Kier molecular flexibility index (Phi) is 4.53. The van der Waals surface area contributed by atoms with Gasteiger partial charge in [0.25, 0.3) is 0 Å². The van der Waals surface area contributed by atoms with Gasteiger partial charge < -0.3 is 5.11 Å². The van der Waals surface area contributed by atoms with Gasteiger partial charge in [0.05, 0.1) is 13.7 Å². The van der Waals surface area contributed by atoms with Gasteiger partial charge in [-0.3, -0.25) is 0 Å². The first kappa shape index (κ1) is 14.1. The van der Waals surface area contributed by atoms with Crippen LogP contribution in [0.1, 0.15) is 17.2 Å². The van der Waals surface area contributed by atoms with Crippen LogP contribution in [0.2, 0.25) is 0 Å². The second kappa shape index (κ2) is 5.77. The van der Waals surface area contributed by atoms with E-state index < -0.39 is 17.7 Å². The number of aliphatic hydroxyl groups excluding tert-OH is 1. The van der Waals surface area contributed by atoms with E-state index in [1.54, 1.807) is 6.07 Å². The van der Waals surface area contributed by atoms with Crippen LogP contribution >= 0.6 is 43.2 Å². The van der Waals surface area contributed by atoms with Crippen LogP contribution < -0.4 is 0 Å². The molecule has 0 aliphatic carbocycles. The van der Waals surface area contributed by atoms with Crippen molar-refractivity contribution >= 4 is 43.2 Å². The fraction of sp³-hybridized carbons (Fsp3) is 0.167. The van der Waals surface area contributed by atoms with E-state index in [-0.39, 0.29) is 12.0 Å². The van der Waals surface area contributed by atoms with Gasteiger partial charge in [-0.2, -0.15) is 0 Å². The Hall–Kier alpha value is -0.300. The van der Waals surface area contributed by atoms with E-state index >= 15 is 0 Å². The zero-order valence-corrected chi connectivity index (χ0v) is 12.9. The van der Waals surface area contributed by atoms with Crippen molar-refractivity contribution in [3.63, 3.8) is 0 Å². The molecule has 2 aromatic rings. The third-order valence-corrected chi connectivity index (χ3v) is 4.89. The van der Waals surface area contributed by atoms with Gasteiger partial charge in [-0.25, -0.2) is 8.78 Å². The smallest absolute Gasteiger partial charge is 0.129 e. The molecular formula is C12H8Br2F2OS. The van der Waals surface area contributed by atoms with E-state index in [0.717, 1.165) is 7.57 Å². The molecule has 0 aliphatic heterocycles. The number of aliphatic hydroxyl groups is 1.